The van der Waals surface area contributed by atoms with Crippen LogP contribution in [0, 0.1) is 5.92 Å². The van der Waals surface area contributed by atoms with Crippen LogP contribution in [0.2, 0.25) is 0 Å². The maximum atomic E-state index is 12.2. The zero-order chi connectivity index (χ0) is 10.8. The van der Waals surface area contributed by atoms with Crippen molar-refractivity contribution in [3.8, 4) is 0 Å². The average Bonchev–Trinajstić information content (AvgIpc) is 3.03. The van der Waals surface area contributed by atoms with Crippen molar-refractivity contribution in [1.29, 1.82) is 0 Å². The molecule has 0 aromatic heterocycles. The number of rotatable bonds is 2. The molecule has 3 nitrogen and oxygen atoms in total. The first kappa shape index (κ1) is 10.8. The van der Waals surface area contributed by atoms with Gasteiger partial charge in [0.25, 0.3) is 0 Å². The van der Waals surface area contributed by atoms with E-state index < -0.39 is 0 Å². The standard InChI is InChI=1S/C12H22N2O/c1-3-14(11-6-7-11)12(15)13-8-4-5-10(2)9-13/h10-11H,3-9H2,1-2H3. The molecule has 2 fully saturated rings. The number of nitrogens with zero attached hydrogens (tertiary/aromatic N) is 2. The zero-order valence-corrected chi connectivity index (χ0v) is 9.91. The van der Waals surface area contributed by atoms with Crippen LogP contribution < -0.4 is 0 Å². The van der Waals surface area contributed by atoms with Gasteiger partial charge in [-0.15, -0.1) is 0 Å². The van der Waals surface area contributed by atoms with Crippen molar-refractivity contribution < 1.29 is 4.79 Å². The molecule has 2 rings (SSSR count). The van der Waals surface area contributed by atoms with E-state index in [4.69, 9.17) is 0 Å². The molecule has 1 saturated carbocycles. The van der Waals surface area contributed by atoms with Gasteiger partial charge in [-0.1, -0.05) is 6.92 Å². The van der Waals surface area contributed by atoms with E-state index in [2.05, 4.69) is 23.6 Å². The molecule has 0 spiro atoms. The summed E-state index contributed by atoms with van der Waals surface area (Å²) < 4.78 is 0. The predicted molar refractivity (Wildman–Crippen MR) is 60.8 cm³/mol. The molecule has 86 valence electrons. The molecule has 1 aliphatic carbocycles. The minimum atomic E-state index is 0.284. The first-order valence-electron chi connectivity index (χ1n) is 6.28. The maximum Gasteiger partial charge on any atom is 0.320 e. The van der Waals surface area contributed by atoms with E-state index in [9.17, 15) is 4.79 Å². The number of carbonyl (C=O) groups excluding carboxylic acids is 1. The lowest BCUT2D eigenvalue weighted by molar-refractivity contribution is 0.130. The number of carbonyl (C=O) groups is 1. The third-order valence-corrected chi connectivity index (χ3v) is 3.50. The first-order chi connectivity index (χ1) is 7.22. The van der Waals surface area contributed by atoms with Crippen molar-refractivity contribution in [1.82, 2.24) is 9.80 Å². The monoisotopic (exact) mass is 210 g/mol. The molecule has 1 heterocycles. The van der Waals surface area contributed by atoms with Gasteiger partial charge in [-0.3, -0.25) is 0 Å². The molecule has 0 N–H and O–H groups in total. The van der Waals surface area contributed by atoms with Gasteiger partial charge in [0.2, 0.25) is 0 Å². The van der Waals surface area contributed by atoms with E-state index in [-0.39, 0.29) is 6.03 Å². The minimum absolute atomic E-state index is 0.284. The van der Waals surface area contributed by atoms with Crippen molar-refractivity contribution in [2.45, 2.75) is 45.6 Å². The maximum absolute atomic E-state index is 12.2. The van der Waals surface area contributed by atoms with Gasteiger partial charge in [-0.25, -0.2) is 4.79 Å². The molecule has 1 aliphatic heterocycles. The molecule has 2 aliphatic rings. The predicted octanol–water partition coefficient (Wildman–Crippen LogP) is 2.32. The molecule has 2 amide bonds. The Bertz CT molecular complexity index is 238. The largest absolute Gasteiger partial charge is 0.324 e. The number of urea groups is 1. The van der Waals surface area contributed by atoms with Gasteiger partial charge in [-0.05, 0) is 38.5 Å². The molecule has 3 heteroatoms. The van der Waals surface area contributed by atoms with Crippen LogP contribution in [0.3, 0.4) is 0 Å². The highest BCUT2D eigenvalue weighted by atomic mass is 16.2. The van der Waals surface area contributed by atoms with Gasteiger partial charge in [0.05, 0.1) is 0 Å². The summed E-state index contributed by atoms with van der Waals surface area (Å²) in [5.74, 6) is 0.681. The highest BCUT2D eigenvalue weighted by Gasteiger charge is 2.34. The number of amides is 2. The Kier molecular flexibility index (Phi) is 3.17. The zero-order valence-electron chi connectivity index (χ0n) is 9.91. The SMILES string of the molecule is CCN(C(=O)N1CCCC(C)C1)C1CC1. The van der Waals surface area contributed by atoms with Gasteiger partial charge in [0, 0.05) is 25.7 Å². The molecule has 1 saturated heterocycles. The van der Waals surface area contributed by atoms with E-state index in [1.807, 2.05) is 0 Å². The van der Waals surface area contributed by atoms with Crippen molar-refractivity contribution in [2.75, 3.05) is 19.6 Å². The molecule has 1 unspecified atom stereocenters. The number of hydrogen-bond acceptors (Lipinski definition) is 1. The summed E-state index contributed by atoms with van der Waals surface area (Å²) in [6.45, 7) is 7.12. The smallest absolute Gasteiger partial charge is 0.320 e. The van der Waals surface area contributed by atoms with Crippen LogP contribution >= 0.6 is 0 Å². The Morgan fingerprint density at radius 2 is 2.13 bits per heavy atom. The highest BCUT2D eigenvalue weighted by Crippen LogP contribution is 2.28. The van der Waals surface area contributed by atoms with Gasteiger partial charge < -0.3 is 9.80 Å². The summed E-state index contributed by atoms with van der Waals surface area (Å²) in [6, 6.07) is 0.839. The summed E-state index contributed by atoms with van der Waals surface area (Å²) >= 11 is 0. The second-order valence-electron chi connectivity index (χ2n) is 4.99. The van der Waals surface area contributed by atoms with Crippen LogP contribution in [0.1, 0.15) is 39.5 Å². The summed E-state index contributed by atoms with van der Waals surface area (Å²) in [5, 5.41) is 0. The lowest BCUT2D eigenvalue weighted by Crippen LogP contribution is -2.47. The summed E-state index contributed by atoms with van der Waals surface area (Å²) in [6.07, 6.45) is 4.88. The van der Waals surface area contributed by atoms with Crippen LogP contribution in [-0.4, -0.2) is 41.5 Å². The van der Waals surface area contributed by atoms with Gasteiger partial charge in [-0.2, -0.15) is 0 Å². The van der Waals surface area contributed by atoms with E-state index in [1.54, 1.807) is 0 Å². The fourth-order valence-corrected chi connectivity index (χ4v) is 2.48. The van der Waals surface area contributed by atoms with Crippen LogP contribution in [0.5, 0.6) is 0 Å². The van der Waals surface area contributed by atoms with Crippen LogP contribution in [0.15, 0.2) is 0 Å². The molecule has 15 heavy (non-hydrogen) atoms. The van der Waals surface area contributed by atoms with E-state index >= 15 is 0 Å². The number of piperidine rings is 1. The number of likely N-dealkylation sites (tertiary alicyclic amines) is 1. The Labute approximate surface area is 92.4 Å². The van der Waals surface area contributed by atoms with E-state index in [0.29, 0.717) is 12.0 Å². The summed E-state index contributed by atoms with van der Waals surface area (Å²) in [4.78, 5) is 16.3. The van der Waals surface area contributed by atoms with Crippen LogP contribution in [0.4, 0.5) is 4.79 Å². The third-order valence-electron chi connectivity index (χ3n) is 3.50. The molecule has 0 aromatic carbocycles. The molecule has 1 atom stereocenters. The topological polar surface area (TPSA) is 23.6 Å². The summed E-state index contributed by atoms with van der Waals surface area (Å²) in [5.41, 5.74) is 0. The van der Waals surface area contributed by atoms with E-state index in [1.165, 1.54) is 25.7 Å². The average molecular weight is 210 g/mol. The number of hydrogen-bond donors (Lipinski definition) is 0. The fourth-order valence-electron chi connectivity index (χ4n) is 2.48. The Hall–Kier alpha value is -0.730. The fraction of sp³-hybridized carbons (Fsp3) is 0.917. The second kappa shape index (κ2) is 4.42. The molecule has 0 radical (unpaired) electrons. The second-order valence-corrected chi connectivity index (χ2v) is 4.99. The van der Waals surface area contributed by atoms with E-state index in [0.717, 1.165) is 19.6 Å². The third kappa shape index (κ3) is 2.44. The van der Waals surface area contributed by atoms with Gasteiger partial charge >= 0.3 is 6.03 Å². The van der Waals surface area contributed by atoms with Gasteiger partial charge in [0.15, 0.2) is 0 Å². The summed E-state index contributed by atoms with van der Waals surface area (Å²) in [7, 11) is 0. The lowest BCUT2D eigenvalue weighted by Gasteiger charge is -2.35. The highest BCUT2D eigenvalue weighted by molar-refractivity contribution is 5.75. The minimum Gasteiger partial charge on any atom is -0.324 e. The first-order valence-corrected chi connectivity index (χ1v) is 6.28. The van der Waals surface area contributed by atoms with Crippen molar-refractivity contribution in [3.63, 3.8) is 0 Å². The van der Waals surface area contributed by atoms with Crippen molar-refractivity contribution >= 4 is 6.03 Å². The molecule has 0 bridgehead atoms. The van der Waals surface area contributed by atoms with Crippen LogP contribution in [-0.2, 0) is 0 Å². The van der Waals surface area contributed by atoms with Gasteiger partial charge in [0.1, 0.15) is 0 Å². The normalized spacial score (nSPS) is 26.5. The Morgan fingerprint density at radius 3 is 2.67 bits per heavy atom. The Balaban J connectivity index is 1.92. The van der Waals surface area contributed by atoms with Crippen molar-refractivity contribution in [2.24, 2.45) is 5.92 Å². The van der Waals surface area contributed by atoms with Crippen LogP contribution in [0.25, 0.3) is 0 Å². The molecule has 0 aromatic rings. The Morgan fingerprint density at radius 1 is 1.40 bits per heavy atom. The quantitative estimate of drug-likeness (QED) is 0.686. The lowest BCUT2D eigenvalue weighted by atomic mass is 10.0. The van der Waals surface area contributed by atoms with Crippen molar-refractivity contribution in [3.05, 3.63) is 0 Å². The molecular weight excluding hydrogens is 188 g/mol. The molecular formula is C12H22N2O.